The molecule has 0 saturated carbocycles. The Labute approximate surface area is 105 Å². The van der Waals surface area contributed by atoms with Crippen LogP contribution in [0.2, 0.25) is 5.02 Å². The summed E-state index contributed by atoms with van der Waals surface area (Å²) in [5.74, 6) is 0.379. The molecule has 1 rings (SSSR count). The van der Waals surface area contributed by atoms with E-state index in [0.717, 1.165) is 0 Å². The van der Waals surface area contributed by atoms with Crippen LogP contribution in [-0.4, -0.2) is 37.3 Å². The highest BCUT2D eigenvalue weighted by Gasteiger charge is 2.09. The first-order valence-electron chi connectivity index (χ1n) is 5.15. The number of methoxy groups -OCH3 is 1. The maximum atomic E-state index is 11.1. The summed E-state index contributed by atoms with van der Waals surface area (Å²) >= 11 is 5.94. The molecule has 0 aliphatic heterocycles. The molecule has 0 aliphatic carbocycles. The highest BCUT2D eigenvalue weighted by molar-refractivity contribution is 6.32. The first-order chi connectivity index (χ1) is 8.04. The van der Waals surface area contributed by atoms with Crippen LogP contribution in [0.4, 0.5) is 0 Å². The Balaban J connectivity index is 2.63. The van der Waals surface area contributed by atoms with Crippen LogP contribution in [0.5, 0.6) is 5.75 Å². The molecular weight excluding hydrogens is 244 g/mol. The van der Waals surface area contributed by atoms with Gasteiger partial charge in [-0.15, -0.1) is 0 Å². The van der Waals surface area contributed by atoms with Gasteiger partial charge in [-0.2, -0.15) is 0 Å². The van der Waals surface area contributed by atoms with Crippen molar-refractivity contribution in [3.63, 3.8) is 0 Å². The molecule has 0 fully saturated rings. The SMILES string of the molecule is COC[C@H](O)COc1ccc(C(C)=O)cc1Cl. The van der Waals surface area contributed by atoms with E-state index in [4.69, 9.17) is 21.1 Å². The summed E-state index contributed by atoms with van der Waals surface area (Å²) < 4.78 is 10.1. The Morgan fingerprint density at radius 3 is 2.71 bits per heavy atom. The van der Waals surface area contributed by atoms with Gasteiger partial charge in [0.25, 0.3) is 0 Å². The molecule has 0 unspecified atom stereocenters. The van der Waals surface area contributed by atoms with Crippen LogP contribution in [0.3, 0.4) is 0 Å². The molecular formula is C12H15ClO4. The molecule has 17 heavy (non-hydrogen) atoms. The quantitative estimate of drug-likeness (QED) is 0.792. The number of aliphatic hydroxyl groups excluding tert-OH is 1. The lowest BCUT2D eigenvalue weighted by Crippen LogP contribution is -2.22. The first kappa shape index (κ1) is 14.0. The minimum Gasteiger partial charge on any atom is -0.489 e. The summed E-state index contributed by atoms with van der Waals surface area (Å²) in [6, 6.07) is 4.78. The van der Waals surface area contributed by atoms with Crippen molar-refractivity contribution >= 4 is 17.4 Å². The maximum Gasteiger partial charge on any atom is 0.159 e. The van der Waals surface area contributed by atoms with E-state index in [1.54, 1.807) is 18.2 Å². The van der Waals surface area contributed by atoms with Crippen LogP contribution >= 0.6 is 11.6 Å². The number of halogens is 1. The molecule has 1 atom stereocenters. The highest BCUT2D eigenvalue weighted by atomic mass is 35.5. The number of carbonyl (C=O) groups excluding carboxylic acids is 1. The Kier molecular flexibility index (Phi) is 5.41. The second-order valence-electron chi connectivity index (χ2n) is 3.62. The lowest BCUT2D eigenvalue weighted by atomic mass is 10.1. The molecule has 94 valence electrons. The van der Waals surface area contributed by atoms with Crippen molar-refractivity contribution < 1.29 is 19.4 Å². The topological polar surface area (TPSA) is 55.8 Å². The summed E-state index contributed by atoms with van der Waals surface area (Å²) in [6.07, 6.45) is -0.705. The predicted molar refractivity (Wildman–Crippen MR) is 64.8 cm³/mol. The van der Waals surface area contributed by atoms with Crippen molar-refractivity contribution in [2.75, 3.05) is 20.3 Å². The summed E-state index contributed by atoms with van der Waals surface area (Å²) in [7, 11) is 1.50. The van der Waals surface area contributed by atoms with Crippen molar-refractivity contribution in [3.05, 3.63) is 28.8 Å². The van der Waals surface area contributed by atoms with Gasteiger partial charge >= 0.3 is 0 Å². The fraction of sp³-hybridized carbons (Fsp3) is 0.417. The molecule has 0 spiro atoms. The smallest absolute Gasteiger partial charge is 0.159 e. The molecule has 1 N–H and O–H groups in total. The average molecular weight is 259 g/mol. The summed E-state index contributed by atoms with van der Waals surface area (Å²) in [5.41, 5.74) is 0.528. The molecule has 0 radical (unpaired) electrons. The zero-order valence-corrected chi connectivity index (χ0v) is 10.5. The van der Waals surface area contributed by atoms with Crippen molar-refractivity contribution in [3.8, 4) is 5.75 Å². The lowest BCUT2D eigenvalue weighted by molar-refractivity contribution is 0.0326. The normalized spacial score (nSPS) is 12.2. The number of rotatable bonds is 6. The van der Waals surface area contributed by atoms with E-state index in [1.807, 2.05) is 0 Å². The van der Waals surface area contributed by atoms with Crippen LogP contribution in [0, 0.1) is 0 Å². The largest absolute Gasteiger partial charge is 0.489 e. The van der Waals surface area contributed by atoms with E-state index in [-0.39, 0.29) is 19.0 Å². The van der Waals surface area contributed by atoms with E-state index in [9.17, 15) is 9.90 Å². The zero-order chi connectivity index (χ0) is 12.8. The van der Waals surface area contributed by atoms with E-state index in [2.05, 4.69) is 0 Å². The van der Waals surface area contributed by atoms with E-state index in [1.165, 1.54) is 14.0 Å². The van der Waals surface area contributed by atoms with Gasteiger partial charge in [-0.1, -0.05) is 11.6 Å². The molecule has 0 aliphatic rings. The Morgan fingerprint density at radius 1 is 1.47 bits per heavy atom. The molecule has 4 nitrogen and oxygen atoms in total. The van der Waals surface area contributed by atoms with E-state index < -0.39 is 6.10 Å². The zero-order valence-electron chi connectivity index (χ0n) is 9.77. The molecule has 1 aromatic rings. The monoisotopic (exact) mass is 258 g/mol. The van der Waals surface area contributed by atoms with Crippen molar-refractivity contribution in [1.82, 2.24) is 0 Å². The molecule has 5 heteroatoms. The van der Waals surface area contributed by atoms with Crippen molar-refractivity contribution in [1.29, 1.82) is 0 Å². The predicted octanol–water partition coefficient (Wildman–Crippen LogP) is 1.93. The second-order valence-corrected chi connectivity index (χ2v) is 4.03. The number of hydrogen-bond acceptors (Lipinski definition) is 4. The van der Waals surface area contributed by atoms with Gasteiger partial charge < -0.3 is 14.6 Å². The molecule has 0 bridgehead atoms. The first-order valence-corrected chi connectivity index (χ1v) is 5.52. The third-order valence-electron chi connectivity index (χ3n) is 2.13. The summed E-state index contributed by atoms with van der Waals surface area (Å²) in [5, 5.41) is 9.75. The van der Waals surface area contributed by atoms with Crippen molar-refractivity contribution in [2.45, 2.75) is 13.0 Å². The van der Waals surface area contributed by atoms with Crippen LogP contribution in [0.15, 0.2) is 18.2 Å². The third kappa shape index (κ3) is 4.34. The Bertz CT molecular complexity index is 392. The Hall–Kier alpha value is -1.10. The van der Waals surface area contributed by atoms with E-state index in [0.29, 0.717) is 16.3 Å². The lowest BCUT2D eigenvalue weighted by Gasteiger charge is -2.12. The molecule has 0 saturated heterocycles. The van der Waals surface area contributed by atoms with Gasteiger partial charge in [0, 0.05) is 12.7 Å². The second kappa shape index (κ2) is 6.59. The van der Waals surface area contributed by atoms with Crippen LogP contribution in [-0.2, 0) is 4.74 Å². The van der Waals surface area contributed by atoms with Gasteiger partial charge in [0.05, 0.1) is 11.6 Å². The fourth-order valence-electron chi connectivity index (χ4n) is 1.26. The number of ketones is 1. The third-order valence-corrected chi connectivity index (χ3v) is 2.42. The van der Waals surface area contributed by atoms with Gasteiger partial charge in [0.1, 0.15) is 18.5 Å². The molecule has 0 amide bonds. The van der Waals surface area contributed by atoms with Gasteiger partial charge in [-0.25, -0.2) is 0 Å². The van der Waals surface area contributed by atoms with Gasteiger partial charge in [0.2, 0.25) is 0 Å². The van der Waals surface area contributed by atoms with Crippen LogP contribution in [0.25, 0.3) is 0 Å². The minimum absolute atomic E-state index is 0.0575. The highest BCUT2D eigenvalue weighted by Crippen LogP contribution is 2.25. The van der Waals surface area contributed by atoms with Crippen LogP contribution in [0.1, 0.15) is 17.3 Å². The fourth-order valence-corrected chi connectivity index (χ4v) is 1.50. The Morgan fingerprint density at radius 2 is 2.18 bits per heavy atom. The van der Waals surface area contributed by atoms with E-state index >= 15 is 0 Å². The molecule has 0 heterocycles. The molecule has 0 aromatic heterocycles. The summed E-state index contributed by atoms with van der Waals surface area (Å²) in [4.78, 5) is 11.1. The maximum absolute atomic E-state index is 11.1. The number of aliphatic hydroxyl groups is 1. The number of carbonyl (C=O) groups is 1. The van der Waals surface area contributed by atoms with Gasteiger partial charge in [0.15, 0.2) is 5.78 Å². The standard InChI is InChI=1S/C12H15ClO4/c1-8(14)9-3-4-12(11(13)5-9)17-7-10(15)6-16-2/h3-5,10,15H,6-7H2,1-2H3/t10-/m0/s1. The number of Topliss-reactive ketones (excluding diaryl/α,β-unsaturated/α-hetero) is 1. The van der Waals surface area contributed by atoms with Crippen LogP contribution < -0.4 is 4.74 Å². The average Bonchev–Trinajstić information content (AvgIpc) is 2.27. The number of ether oxygens (including phenoxy) is 2. The number of hydrogen-bond donors (Lipinski definition) is 1. The van der Waals surface area contributed by atoms with Crippen molar-refractivity contribution in [2.24, 2.45) is 0 Å². The van der Waals surface area contributed by atoms with Gasteiger partial charge in [-0.05, 0) is 25.1 Å². The molecule has 1 aromatic carbocycles. The van der Waals surface area contributed by atoms with Gasteiger partial charge in [-0.3, -0.25) is 4.79 Å². The summed E-state index contributed by atoms with van der Waals surface area (Å²) in [6.45, 7) is 1.75. The number of benzene rings is 1. The minimum atomic E-state index is -0.705.